The van der Waals surface area contributed by atoms with Crippen molar-refractivity contribution in [3.8, 4) is 0 Å². The normalized spacial score (nSPS) is 19.1. The summed E-state index contributed by atoms with van der Waals surface area (Å²) in [5, 5.41) is 3.95. The van der Waals surface area contributed by atoms with E-state index in [9.17, 15) is 0 Å². The maximum atomic E-state index is 5.97. The van der Waals surface area contributed by atoms with Gasteiger partial charge in [-0.15, -0.1) is 0 Å². The highest BCUT2D eigenvalue weighted by Gasteiger charge is 2.17. The Hall–Kier alpha value is -0.870. The number of nitrogens with one attached hydrogen (secondary N) is 1. The zero-order valence-corrected chi connectivity index (χ0v) is 9.54. The van der Waals surface area contributed by atoms with Crippen LogP contribution in [0.4, 0.5) is 5.82 Å². The van der Waals surface area contributed by atoms with Crippen LogP contribution < -0.4 is 5.32 Å². The van der Waals surface area contributed by atoms with Gasteiger partial charge >= 0.3 is 0 Å². The van der Waals surface area contributed by atoms with Crippen molar-refractivity contribution in [2.24, 2.45) is 0 Å². The number of likely N-dealkylation sites (tertiary alicyclic amines) is 1. The fraction of sp³-hybridized carbons (Fsp3) is 0.600. The third-order valence-corrected chi connectivity index (χ3v) is 3.00. The van der Waals surface area contributed by atoms with Gasteiger partial charge in [-0.2, -0.15) is 0 Å². The van der Waals surface area contributed by atoms with Crippen molar-refractivity contribution in [1.82, 2.24) is 14.9 Å². The Labute approximate surface area is 94.7 Å². The number of nitrogens with zero attached hydrogens (tertiary/aromatic N) is 3. The van der Waals surface area contributed by atoms with E-state index >= 15 is 0 Å². The first kappa shape index (κ1) is 10.6. The number of piperidine rings is 1. The zero-order chi connectivity index (χ0) is 10.7. The standard InChI is InChI=1S/C10H15ClN4/c1-15-4-2-8(3-5-15)14-10-9(11)6-12-7-13-10/h6-8H,2-5H2,1H3,(H,12,13,14). The van der Waals surface area contributed by atoms with Crippen molar-refractivity contribution in [3.63, 3.8) is 0 Å². The molecule has 15 heavy (non-hydrogen) atoms. The molecular weight excluding hydrogens is 212 g/mol. The first-order chi connectivity index (χ1) is 7.25. The Morgan fingerprint density at radius 2 is 2.20 bits per heavy atom. The highest BCUT2D eigenvalue weighted by Crippen LogP contribution is 2.20. The molecule has 2 heterocycles. The second kappa shape index (κ2) is 4.77. The quantitative estimate of drug-likeness (QED) is 0.833. The van der Waals surface area contributed by atoms with Crippen LogP contribution in [0.15, 0.2) is 12.5 Å². The molecule has 0 atom stereocenters. The van der Waals surface area contributed by atoms with Crippen LogP contribution in [-0.4, -0.2) is 41.0 Å². The van der Waals surface area contributed by atoms with Gasteiger partial charge in [-0.05, 0) is 33.0 Å². The van der Waals surface area contributed by atoms with Gasteiger partial charge in [0, 0.05) is 6.04 Å². The highest BCUT2D eigenvalue weighted by atomic mass is 35.5. The lowest BCUT2D eigenvalue weighted by molar-refractivity contribution is 0.263. The number of hydrogen-bond acceptors (Lipinski definition) is 4. The van der Waals surface area contributed by atoms with Crippen LogP contribution in [0.25, 0.3) is 0 Å². The van der Waals surface area contributed by atoms with Crippen LogP contribution >= 0.6 is 11.6 Å². The van der Waals surface area contributed by atoms with Gasteiger partial charge < -0.3 is 10.2 Å². The van der Waals surface area contributed by atoms with E-state index < -0.39 is 0 Å². The molecule has 1 aromatic heterocycles. The largest absolute Gasteiger partial charge is 0.366 e. The predicted octanol–water partition coefficient (Wildman–Crippen LogP) is 1.64. The highest BCUT2D eigenvalue weighted by molar-refractivity contribution is 6.32. The molecule has 1 aliphatic rings. The molecule has 0 unspecified atom stereocenters. The van der Waals surface area contributed by atoms with E-state index in [1.54, 1.807) is 6.20 Å². The minimum absolute atomic E-state index is 0.480. The minimum Gasteiger partial charge on any atom is -0.366 e. The monoisotopic (exact) mass is 226 g/mol. The molecule has 0 spiro atoms. The van der Waals surface area contributed by atoms with Gasteiger partial charge in [0.05, 0.1) is 6.20 Å². The number of anilines is 1. The molecule has 1 aliphatic heterocycles. The van der Waals surface area contributed by atoms with Crippen LogP contribution in [0.3, 0.4) is 0 Å². The zero-order valence-electron chi connectivity index (χ0n) is 8.78. The second-order valence-electron chi connectivity index (χ2n) is 3.94. The van der Waals surface area contributed by atoms with E-state index in [0.717, 1.165) is 31.7 Å². The van der Waals surface area contributed by atoms with Crippen LogP contribution in [-0.2, 0) is 0 Å². The van der Waals surface area contributed by atoms with Crippen LogP contribution in [0.1, 0.15) is 12.8 Å². The molecule has 1 N–H and O–H groups in total. The van der Waals surface area contributed by atoms with Crippen LogP contribution in [0, 0.1) is 0 Å². The van der Waals surface area contributed by atoms with Gasteiger partial charge in [-0.3, -0.25) is 0 Å². The fourth-order valence-electron chi connectivity index (χ4n) is 1.77. The third kappa shape index (κ3) is 2.79. The minimum atomic E-state index is 0.480. The average molecular weight is 227 g/mol. The van der Waals surface area contributed by atoms with Gasteiger partial charge in [-0.1, -0.05) is 11.6 Å². The van der Waals surface area contributed by atoms with Gasteiger partial charge in [-0.25, -0.2) is 9.97 Å². The number of hydrogen-bond donors (Lipinski definition) is 1. The predicted molar refractivity (Wildman–Crippen MR) is 61.2 cm³/mol. The maximum Gasteiger partial charge on any atom is 0.148 e. The molecule has 0 bridgehead atoms. The Kier molecular flexibility index (Phi) is 3.38. The van der Waals surface area contributed by atoms with Gasteiger partial charge in [0.25, 0.3) is 0 Å². The lowest BCUT2D eigenvalue weighted by Gasteiger charge is -2.29. The van der Waals surface area contributed by atoms with E-state index in [4.69, 9.17) is 11.6 Å². The molecule has 0 saturated carbocycles. The summed E-state index contributed by atoms with van der Waals surface area (Å²) in [6.07, 6.45) is 5.41. The van der Waals surface area contributed by atoms with Crippen molar-refractivity contribution < 1.29 is 0 Å². The molecule has 2 rings (SSSR count). The van der Waals surface area contributed by atoms with E-state index in [0.29, 0.717) is 11.1 Å². The molecule has 0 radical (unpaired) electrons. The van der Waals surface area contributed by atoms with Crippen molar-refractivity contribution in [1.29, 1.82) is 0 Å². The molecule has 0 aliphatic carbocycles. The summed E-state index contributed by atoms with van der Waals surface area (Å²) in [7, 11) is 2.15. The summed E-state index contributed by atoms with van der Waals surface area (Å²) >= 11 is 5.97. The molecule has 1 aromatic rings. The van der Waals surface area contributed by atoms with E-state index in [1.165, 1.54) is 6.33 Å². The van der Waals surface area contributed by atoms with Gasteiger partial charge in [0.15, 0.2) is 0 Å². The number of rotatable bonds is 2. The molecular formula is C10H15ClN4. The first-order valence-electron chi connectivity index (χ1n) is 5.16. The Balaban J connectivity index is 1.95. The summed E-state index contributed by atoms with van der Waals surface area (Å²) in [4.78, 5) is 10.3. The SMILES string of the molecule is CN1CCC(Nc2ncncc2Cl)CC1. The third-order valence-electron chi connectivity index (χ3n) is 2.73. The molecule has 0 amide bonds. The first-order valence-corrected chi connectivity index (χ1v) is 5.54. The summed E-state index contributed by atoms with van der Waals surface area (Å²) in [6, 6.07) is 0.480. The van der Waals surface area contributed by atoms with Gasteiger partial charge in [0.2, 0.25) is 0 Å². The lowest BCUT2D eigenvalue weighted by Crippen LogP contribution is -2.36. The van der Waals surface area contributed by atoms with E-state index in [1.807, 2.05) is 0 Å². The van der Waals surface area contributed by atoms with Crippen molar-refractivity contribution in [2.45, 2.75) is 18.9 Å². The Bertz CT molecular complexity index is 323. The van der Waals surface area contributed by atoms with Crippen molar-refractivity contribution in [2.75, 3.05) is 25.5 Å². The maximum absolute atomic E-state index is 5.97. The van der Waals surface area contributed by atoms with Crippen molar-refractivity contribution in [3.05, 3.63) is 17.5 Å². The molecule has 82 valence electrons. The smallest absolute Gasteiger partial charge is 0.148 e. The molecule has 0 aromatic carbocycles. The molecule has 5 heteroatoms. The topological polar surface area (TPSA) is 41.0 Å². The lowest BCUT2D eigenvalue weighted by atomic mass is 10.1. The van der Waals surface area contributed by atoms with E-state index in [-0.39, 0.29) is 0 Å². The number of halogens is 1. The second-order valence-corrected chi connectivity index (χ2v) is 4.35. The molecule has 1 saturated heterocycles. The van der Waals surface area contributed by atoms with Gasteiger partial charge in [0.1, 0.15) is 17.2 Å². The Morgan fingerprint density at radius 1 is 1.47 bits per heavy atom. The summed E-state index contributed by atoms with van der Waals surface area (Å²) in [5.74, 6) is 0.751. The van der Waals surface area contributed by atoms with Crippen LogP contribution in [0.5, 0.6) is 0 Å². The fourth-order valence-corrected chi connectivity index (χ4v) is 1.92. The summed E-state index contributed by atoms with van der Waals surface area (Å²) in [5.41, 5.74) is 0. The average Bonchev–Trinajstić information content (AvgIpc) is 2.25. The Morgan fingerprint density at radius 3 is 2.87 bits per heavy atom. The van der Waals surface area contributed by atoms with Crippen molar-refractivity contribution >= 4 is 17.4 Å². The molecule has 4 nitrogen and oxygen atoms in total. The summed E-state index contributed by atoms with van der Waals surface area (Å²) in [6.45, 7) is 2.25. The van der Waals surface area contributed by atoms with Crippen LogP contribution in [0.2, 0.25) is 5.02 Å². The van der Waals surface area contributed by atoms with E-state index in [2.05, 4.69) is 27.2 Å². The summed E-state index contributed by atoms with van der Waals surface area (Å²) < 4.78 is 0. The molecule has 1 fully saturated rings. The number of aromatic nitrogens is 2.